The second-order valence-corrected chi connectivity index (χ2v) is 6.95. The number of hydrogen-bond acceptors (Lipinski definition) is 6. The summed E-state index contributed by atoms with van der Waals surface area (Å²) in [4.78, 5) is 6.42. The van der Waals surface area contributed by atoms with Crippen molar-refractivity contribution in [1.82, 2.24) is 10.2 Å². The highest BCUT2D eigenvalue weighted by Crippen LogP contribution is 2.40. The third-order valence-electron chi connectivity index (χ3n) is 4.46. The average Bonchev–Trinajstić information content (AvgIpc) is 2.66. The Balaban J connectivity index is 1.89. The molecule has 27 heavy (non-hydrogen) atoms. The van der Waals surface area contributed by atoms with Crippen LogP contribution in [-0.4, -0.2) is 43.9 Å². The maximum atomic E-state index is 13.5. The number of alkyl halides is 1. The van der Waals surface area contributed by atoms with Gasteiger partial charge in [-0.2, -0.15) is 0 Å². The highest BCUT2D eigenvalue weighted by atomic mass is 35.5. The van der Waals surface area contributed by atoms with Crippen LogP contribution in [0.1, 0.15) is 24.6 Å². The van der Waals surface area contributed by atoms with Crippen molar-refractivity contribution in [2.75, 3.05) is 27.3 Å². The molecule has 2 atom stereocenters. The number of nitrogens with one attached hydrogen (secondary N) is 1. The fourth-order valence-electron chi connectivity index (χ4n) is 2.98. The predicted octanol–water partition coefficient (Wildman–Crippen LogP) is 3.36. The lowest BCUT2D eigenvalue weighted by molar-refractivity contribution is 0.287. The molecule has 2 unspecified atom stereocenters. The SMILES string of the molecule is COc1cc2c(cc1OCCCN)C(NC1=CC=C(F)C(Cl)C1)N(C)C=N2. The second-order valence-electron chi connectivity index (χ2n) is 6.42. The summed E-state index contributed by atoms with van der Waals surface area (Å²) in [6.45, 7) is 1.06. The van der Waals surface area contributed by atoms with Gasteiger partial charge >= 0.3 is 0 Å². The van der Waals surface area contributed by atoms with Crippen LogP contribution in [0.25, 0.3) is 0 Å². The first kappa shape index (κ1) is 19.5. The molecule has 0 bridgehead atoms. The number of nitrogens with two attached hydrogens (primary N) is 1. The Labute approximate surface area is 163 Å². The molecule has 1 aromatic rings. The van der Waals surface area contributed by atoms with Crippen LogP contribution >= 0.6 is 11.6 Å². The third-order valence-corrected chi connectivity index (χ3v) is 4.83. The lowest BCUT2D eigenvalue weighted by atomic mass is 10.0. The smallest absolute Gasteiger partial charge is 0.162 e. The van der Waals surface area contributed by atoms with E-state index in [2.05, 4.69) is 10.3 Å². The summed E-state index contributed by atoms with van der Waals surface area (Å²) in [5, 5.41) is 2.78. The quantitative estimate of drug-likeness (QED) is 0.548. The highest BCUT2D eigenvalue weighted by Gasteiger charge is 2.27. The average molecular weight is 395 g/mol. The molecule has 0 spiro atoms. The molecule has 3 N–H and O–H groups in total. The van der Waals surface area contributed by atoms with Gasteiger partial charge in [-0.05, 0) is 31.2 Å². The van der Waals surface area contributed by atoms with Gasteiger partial charge in [-0.3, -0.25) is 0 Å². The number of allylic oxidation sites excluding steroid dienone is 4. The van der Waals surface area contributed by atoms with Gasteiger partial charge in [0.2, 0.25) is 0 Å². The van der Waals surface area contributed by atoms with Crippen LogP contribution in [0.3, 0.4) is 0 Å². The van der Waals surface area contributed by atoms with Crippen molar-refractivity contribution < 1.29 is 13.9 Å². The molecule has 0 radical (unpaired) electrons. The molecule has 3 rings (SSSR count). The van der Waals surface area contributed by atoms with E-state index in [-0.39, 0.29) is 12.0 Å². The van der Waals surface area contributed by atoms with Crippen LogP contribution in [0.15, 0.2) is 40.8 Å². The summed E-state index contributed by atoms with van der Waals surface area (Å²) in [5.74, 6) is 0.941. The predicted molar refractivity (Wildman–Crippen MR) is 105 cm³/mol. The summed E-state index contributed by atoms with van der Waals surface area (Å²) < 4.78 is 24.8. The van der Waals surface area contributed by atoms with Crippen molar-refractivity contribution in [3.8, 4) is 11.5 Å². The van der Waals surface area contributed by atoms with Gasteiger partial charge in [0, 0.05) is 30.8 Å². The van der Waals surface area contributed by atoms with E-state index >= 15 is 0 Å². The standard InChI is InChI=1S/C19H24ClFN4O2/c1-25-11-23-16-10-17(26-2)18(27-7-3-6-22)9-13(16)19(25)24-12-4-5-15(21)14(20)8-12/h4-5,9-11,14,19,24H,3,6-8,22H2,1-2H3. The van der Waals surface area contributed by atoms with E-state index in [1.807, 2.05) is 24.1 Å². The van der Waals surface area contributed by atoms with E-state index in [4.69, 9.17) is 26.8 Å². The molecule has 0 saturated heterocycles. The molecule has 1 heterocycles. The molecule has 8 heteroatoms. The highest BCUT2D eigenvalue weighted by molar-refractivity contribution is 6.22. The summed E-state index contributed by atoms with van der Waals surface area (Å²) in [5.41, 5.74) is 8.12. The van der Waals surface area contributed by atoms with E-state index in [9.17, 15) is 4.39 Å². The Morgan fingerprint density at radius 1 is 1.37 bits per heavy atom. The lowest BCUT2D eigenvalue weighted by Gasteiger charge is -2.34. The fourth-order valence-corrected chi connectivity index (χ4v) is 3.22. The largest absolute Gasteiger partial charge is 0.493 e. The zero-order chi connectivity index (χ0) is 19.4. The van der Waals surface area contributed by atoms with Crippen molar-refractivity contribution in [1.29, 1.82) is 0 Å². The van der Waals surface area contributed by atoms with Crippen LogP contribution < -0.4 is 20.5 Å². The lowest BCUT2D eigenvalue weighted by Crippen LogP contribution is -2.37. The van der Waals surface area contributed by atoms with Crippen LogP contribution in [0.4, 0.5) is 10.1 Å². The first-order valence-corrected chi connectivity index (χ1v) is 9.25. The number of nitrogens with zero attached hydrogens (tertiary/aromatic N) is 2. The second kappa shape index (κ2) is 8.63. The maximum absolute atomic E-state index is 13.5. The van der Waals surface area contributed by atoms with Crippen molar-refractivity contribution >= 4 is 23.6 Å². The summed E-state index contributed by atoms with van der Waals surface area (Å²) in [6, 6.07) is 3.78. The molecule has 0 fully saturated rings. The van der Waals surface area contributed by atoms with Gasteiger partial charge in [0.15, 0.2) is 11.5 Å². The number of rotatable bonds is 7. The number of halogens is 2. The number of methoxy groups -OCH3 is 1. The first-order valence-electron chi connectivity index (χ1n) is 8.81. The van der Waals surface area contributed by atoms with Crippen molar-refractivity contribution in [3.63, 3.8) is 0 Å². The van der Waals surface area contributed by atoms with Crippen LogP contribution in [0.5, 0.6) is 11.5 Å². The molecule has 1 aliphatic carbocycles. The van der Waals surface area contributed by atoms with E-state index in [0.29, 0.717) is 31.1 Å². The molecular weight excluding hydrogens is 371 g/mol. The number of hydrogen-bond donors (Lipinski definition) is 2. The number of ether oxygens (including phenoxy) is 2. The van der Waals surface area contributed by atoms with Gasteiger partial charge in [0.1, 0.15) is 12.0 Å². The number of benzene rings is 1. The monoisotopic (exact) mass is 394 g/mol. The van der Waals surface area contributed by atoms with Crippen LogP contribution in [-0.2, 0) is 0 Å². The van der Waals surface area contributed by atoms with Crippen molar-refractivity contribution in [2.45, 2.75) is 24.4 Å². The summed E-state index contributed by atoms with van der Waals surface area (Å²) >= 11 is 6.04. The van der Waals surface area contributed by atoms with Crippen LogP contribution in [0.2, 0.25) is 0 Å². The van der Waals surface area contributed by atoms with Gasteiger partial charge in [-0.1, -0.05) is 0 Å². The topological polar surface area (TPSA) is 72.1 Å². The Morgan fingerprint density at radius 3 is 2.89 bits per heavy atom. The van der Waals surface area contributed by atoms with Gasteiger partial charge in [-0.15, -0.1) is 11.6 Å². The van der Waals surface area contributed by atoms with Gasteiger partial charge in [0.05, 0.1) is 31.1 Å². The van der Waals surface area contributed by atoms with Crippen LogP contribution in [0, 0.1) is 0 Å². The van der Waals surface area contributed by atoms with Gasteiger partial charge in [0.25, 0.3) is 0 Å². The molecular formula is C19H24ClFN4O2. The summed E-state index contributed by atoms with van der Waals surface area (Å²) in [6.07, 6.45) is 5.82. The molecule has 2 aliphatic rings. The Bertz CT molecular complexity index is 781. The molecule has 1 aliphatic heterocycles. The van der Waals surface area contributed by atoms with Crippen molar-refractivity contribution in [2.24, 2.45) is 10.7 Å². The Morgan fingerprint density at radius 2 is 2.19 bits per heavy atom. The minimum atomic E-state index is -0.648. The fraction of sp³-hybridized carbons (Fsp3) is 0.421. The van der Waals surface area contributed by atoms with E-state index in [1.54, 1.807) is 19.5 Å². The molecule has 0 saturated carbocycles. The minimum Gasteiger partial charge on any atom is -0.493 e. The molecule has 146 valence electrons. The normalized spacial score (nSPS) is 21.3. The van der Waals surface area contributed by atoms with E-state index in [0.717, 1.165) is 23.4 Å². The zero-order valence-corrected chi connectivity index (χ0v) is 16.2. The molecule has 0 aromatic heterocycles. The number of aliphatic imine (C=N–C) groups is 1. The van der Waals surface area contributed by atoms with E-state index in [1.165, 1.54) is 6.08 Å². The number of fused-ring (bicyclic) bond motifs is 1. The minimum absolute atomic E-state index is 0.190. The van der Waals surface area contributed by atoms with Gasteiger partial charge < -0.3 is 25.4 Å². The Hall–Kier alpha value is -2.25. The molecule has 6 nitrogen and oxygen atoms in total. The maximum Gasteiger partial charge on any atom is 0.162 e. The summed E-state index contributed by atoms with van der Waals surface area (Å²) in [7, 11) is 3.52. The van der Waals surface area contributed by atoms with Gasteiger partial charge in [-0.25, -0.2) is 9.38 Å². The molecule has 1 aromatic carbocycles. The third kappa shape index (κ3) is 4.36. The first-order chi connectivity index (χ1) is 13.0. The van der Waals surface area contributed by atoms with Crippen molar-refractivity contribution in [3.05, 3.63) is 41.4 Å². The van der Waals surface area contributed by atoms with E-state index < -0.39 is 5.38 Å². The zero-order valence-electron chi connectivity index (χ0n) is 15.4. The Kier molecular flexibility index (Phi) is 6.23. The molecule has 0 amide bonds.